The van der Waals surface area contributed by atoms with Gasteiger partial charge in [0.25, 0.3) is 0 Å². The Morgan fingerprint density at radius 2 is 1.75 bits per heavy atom. The Morgan fingerprint density at radius 3 is 2.43 bits per heavy atom. The average molecular weight is 629 g/mol. The minimum absolute atomic E-state index is 0.222. The number of nitrogens with one attached hydrogen (secondary N) is 1. The number of rotatable bonds is 6. The standard InChI is InChI=1S/C33H45ClN4O6/c1-32(2,3)43-30(40)37-14-8-10-24(21-37)29(39)36-28-18-26(27(34)19-35-28)23-9-7-11-25(17-23)38(31(41)44-33(4,5)6)20-22-12-15-42-16-13-22/h7,9,11,17-19,22,24H,8,10,12-16,20-21H2,1-6H3,(H,35,36,39). The lowest BCUT2D eigenvalue weighted by Crippen LogP contribution is -2.45. The molecule has 1 aromatic heterocycles. The van der Waals surface area contributed by atoms with Gasteiger partial charge in [-0.3, -0.25) is 9.69 Å². The molecule has 2 saturated heterocycles. The molecule has 4 rings (SSSR count). The third-order valence-corrected chi connectivity index (χ3v) is 7.72. The molecule has 1 atom stereocenters. The highest BCUT2D eigenvalue weighted by Crippen LogP contribution is 2.33. The summed E-state index contributed by atoms with van der Waals surface area (Å²) >= 11 is 6.61. The van der Waals surface area contributed by atoms with E-state index in [4.69, 9.17) is 25.8 Å². The highest BCUT2D eigenvalue weighted by molar-refractivity contribution is 6.33. The second kappa shape index (κ2) is 14.2. The van der Waals surface area contributed by atoms with Crippen LogP contribution in [0.1, 0.15) is 67.2 Å². The molecular formula is C33H45ClN4O6. The third-order valence-electron chi connectivity index (χ3n) is 7.41. The van der Waals surface area contributed by atoms with Crippen LogP contribution in [0.25, 0.3) is 11.1 Å². The second-order valence-corrected chi connectivity index (χ2v) is 13.9. The van der Waals surface area contributed by atoms with E-state index in [1.807, 2.05) is 65.8 Å². The number of carbonyl (C=O) groups is 3. The molecule has 2 aliphatic rings. The number of likely N-dealkylation sites (tertiary alicyclic amines) is 1. The lowest BCUT2D eigenvalue weighted by molar-refractivity contribution is -0.121. The molecule has 0 radical (unpaired) electrons. The second-order valence-electron chi connectivity index (χ2n) is 13.5. The van der Waals surface area contributed by atoms with Gasteiger partial charge in [-0.1, -0.05) is 23.7 Å². The van der Waals surface area contributed by atoms with Crippen LogP contribution in [0, 0.1) is 11.8 Å². The number of halogens is 1. The van der Waals surface area contributed by atoms with Gasteiger partial charge < -0.3 is 24.4 Å². The van der Waals surface area contributed by atoms with E-state index < -0.39 is 29.3 Å². The smallest absolute Gasteiger partial charge is 0.414 e. The topological polar surface area (TPSA) is 110 Å². The van der Waals surface area contributed by atoms with E-state index in [1.54, 1.807) is 15.9 Å². The Kier molecular flexibility index (Phi) is 10.8. The van der Waals surface area contributed by atoms with E-state index in [1.165, 1.54) is 6.20 Å². The van der Waals surface area contributed by atoms with Crippen molar-refractivity contribution in [1.82, 2.24) is 9.88 Å². The summed E-state index contributed by atoms with van der Waals surface area (Å²) in [5.41, 5.74) is 0.855. The fraction of sp³-hybridized carbons (Fsp3) is 0.576. The number of piperidine rings is 1. The van der Waals surface area contributed by atoms with Crippen molar-refractivity contribution in [2.75, 3.05) is 43.1 Å². The van der Waals surface area contributed by atoms with E-state index in [-0.39, 0.29) is 18.4 Å². The zero-order valence-corrected chi connectivity index (χ0v) is 27.4. The van der Waals surface area contributed by atoms with E-state index >= 15 is 0 Å². The summed E-state index contributed by atoms with van der Waals surface area (Å²) in [4.78, 5) is 46.8. The quantitative estimate of drug-likeness (QED) is 0.361. The number of ether oxygens (including phenoxy) is 3. The van der Waals surface area contributed by atoms with Gasteiger partial charge in [-0.25, -0.2) is 14.6 Å². The van der Waals surface area contributed by atoms with Gasteiger partial charge in [0.1, 0.15) is 17.0 Å². The highest BCUT2D eigenvalue weighted by Gasteiger charge is 2.32. The molecule has 0 saturated carbocycles. The average Bonchev–Trinajstić information content (AvgIpc) is 2.95. The lowest BCUT2D eigenvalue weighted by Gasteiger charge is -2.33. The van der Waals surface area contributed by atoms with Crippen LogP contribution < -0.4 is 10.2 Å². The fourth-order valence-electron chi connectivity index (χ4n) is 5.27. The molecule has 3 heterocycles. The summed E-state index contributed by atoms with van der Waals surface area (Å²) in [5, 5.41) is 3.31. The molecule has 240 valence electrons. The predicted octanol–water partition coefficient (Wildman–Crippen LogP) is 7.16. The van der Waals surface area contributed by atoms with Crippen molar-refractivity contribution in [2.45, 2.75) is 78.4 Å². The van der Waals surface area contributed by atoms with E-state index in [0.717, 1.165) is 18.4 Å². The largest absolute Gasteiger partial charge is 0.444 e. The van der Waals surface area contributed by atoms with Gasteiger partial charge in [0.2, 0.25) is 5.91 Å². The van der Waals surface area contributed by atoms with E-state index in [2.05, 4.69) is 10.3 Å². The molecule has 2 fully saturated rings. The van der Waals surface area contributed by atoms with Crippen molar-refractivity contribution in [1.29, 1.82) is 0 Å². The van der Waals surface area contributed by atoms with Crippen LogP contribution in [0.5, 0.6) is 0 Å². The van der Waals surface area contributed by atoms with Crippen molar-refractivity contribution < 1.29 is 28.6 Å². The van der Waals surface area contributed by atoms with Gasteiger partial charge in [0.15, 0.2) is 0 Å². The molecule has 2 aliphatic heterocycles. The SMILES string of the molecule is CC(C)(C)OC(=O)N1CCCC(C(=O)Nc2cc(-c3cccc(N(CC4CCOCC4)C(=O)OC(C)(C)C)c3)c(Cl)cn2)C1. The van der Waals surface area contributed by atoms with Crippen LogP contribution in [0.2, 0.25) is 5.02 Å². The molecule has 44 heavy (non-hydrogen) atoms. The van der Waals surface area contributed by atoms with Gasteiger partial charge in [0, 0.05) is 50.3 Å². The number of hydrogen-bond acceptors (Lipinski definition) is 7. The first-order valence-electron chi connectivity index (χ1n) is 15.3. The Bertz CT molecular complexity index is 1330. The van der Waals surface area contributed by atoms with Crippen LogP contribution in [0.3, 0.4) is 0 Å². The molecule has 1 unspecified atom stereocenters. The number of nitrogens with zero attached hydrogens (tertiary/aromatic N) is 3. The van der Waals surface area contributed by atoms with Gasteiger partial charge in [-0.2, -0.15) is 0 Å². The number of benzene rings is 1. The summed E-state index contributed by atoms with van der Waals surface area (Å²) in [5.74, 6) is 0.0196. The van der Waals surface area contributed by atoms with Gasteiger partial charge in [-0.05, 0) is 96.9 Å². The van der Waals surface area contributed by atoms with Crippen LogP contribution in [-0.4, -0.2) is 72.0 Å². The number of amides is 3. The fourth-order valence-corrected chi connectivity index (χ4v) is 5.48. The summed E-state index contributed by atoms with van der Waals surface area (Å²) in [7, 11) is 0. The van der Waals surface area contributed by atoms with Gasteiger partial charge >= 0.3 is 12.2 Å². The van der Waals surface area contributed by atoms with Crippen molar-refractivity contribution >= 4 is 41.2 Å². The molecule has 11 heteroatoms. The molecule has 0 aliphatic carbocycles. The summed E-state index contributed by atoms with van der Waals surface area (Å²) < 4.78 is 16.8. The van der Waals surface area contributed by atoms with Gasteiger partial charge in [0.05, 0.1) is 10.9 Å². The van der Waals surface area contributed by atoms with Crippen molar-refractivity contribution in [3.63, 3.8) is 0 Å². The molecule has 0 bridgehead atoms. The number of pyridine rings is 1. The zero-order chi connectivity index (χ0) is 32.1. The number of carbonyl (C=O) groups excluding carboxylic acids is 3. The molecule has 10 nitrogen and oxygen atoms in total. The molecule has 1 aromatic carbocycles. The summed E-state index contributed by atoms with van der Waals surface area (Å²) in [6.07, 6.45) is 3.76. The Balaban J connectivity index is 1.52. The van der Waals surface area contributed by atoms with Crippen LogP contribution in [0.15, 0.2) is 36.5 Å². The first kappa shape index (κ1) is 33.5. The van der Waals surface area contributed by atoms with Crippen LogP contribution in [0.4, 0.5) is 21.1 Å². The van der Waals surface area contributed by atoms with Crippen molar-refractivity contribution in [3.8, 4) is 11.1 Å². The van der Waals surface area contributed by atoms with E-state index in [0.29, 0.717) is 61.2 Å². The summed E-state index contributed by atoms with van der Waals surface area (Å²) in [6.45, 7) is 13.7. The van der Waals surface area contributed by atoms with Gasteiger partial charge in [-0.15, -0.1) is 0 Å². The Labute approximate surface area is 265 Å². The summed E-state index contributed by atoms with van der Waals surface area (Å²) in [6, 6.07) is 9.27. The molecule has 3 amide bonds. The number of anilines is 2. The first-order valence-corrected chi connectivity index (χ1v) is 15.7. The number of hydrogen-bond donors (Lipinski definition) is 1. The maximum absolute atomic E-state index is 13.4. The van der Waals surface area contributed by atoms with Crippen LogP contribution in [-0.2, 0) is 19.0 Å². The number of aromatic nitrogens is 1. The lowest BCUT2D eigenvalue weighted by atomic mass is 9.97. The highest BCUT2D eigenvalue weighted by atomic mass is 35.5. The maximum Gasteiger partial charge on any atom is 0.414 e. The molecule has 0 spiro atoms. The normalized spacial score (nSPS) is 18.0. The minimum Gasteiger partial charge on any atom is -0.444 e. The monoisotopic (exact) mass is 628 g/mol. The van der Waals surface area contributed by atoms with Crippen LogP contribution >= 0.6 is 11.6 Å². The zero-order valence-electron chi connectivity index (χ0n) is 26.7. The predicted molar refractivity (Wildman–Crippen MR) is 171 cm³/mol. The third kappa shape index (κ3) is 9.56. The Hall–Kier alpha value is -3.37. The molecular weight excluding hydrogens is 584 g/mol. The van der Waals surface area contributed by atoms with E-state index in [9.17, 15) is 14.4 Å². The minimum atomic E-state index is -0.646. The Morgan fingerprint density at radius 1 is 1.05 bits per heavy atom. The van der Waals surface area contributed by atoms with Crippen molar-refractivity contribution in [3.05, 3.63) is 41.6 Å². The molecule has 2 aromatic rings. The maximum atomic E-state index is 13.4. The first-order chi connectivity index (χ1) is 20.7. The van der Waals surface area contributed by atoms with Crippen molar-refractivity contribution in [2.24, 2.45) is 11.8 Å². The molecule has 1 N–H and O–H groups in total.